The van der Waals surface area contributed by atoms with Crippen molar-refractivity contribution in [3.63, 3.8) is 0 Å². The van der Waals surface area contributed by atoms with Crippen molar-refractivity contribution < 1.29 is 22.7 Å². The summed E-state index contributed by atoms with van der Waals surface area (Å²) in [6.07, 6.45) is 0.0911. The SMILES string of the molecule is C#CCNC(=O)Nc1ccccc1OC(F)(F)F. The van der Waals surface area contributed by atoms with Crippen molar-refractivity contribution in [3.8, 4) is 18.1 Å². The van der Waals surface area contributed by atoms with E-state index in [1.165, 1.54) is 18.2 Å². The second-order valence-corrected chi connectivity index (χ2v) is 3.06. The molecule has 0 saturated heterocycles. The summed E-state index contributed by atoms with van der Waals surface area (Å²) in [5.74, 6) is 1.65. The number of amides is 2. The molecule has 0 fully saturated rings. The Morgan fingerprint density at radius 2 is 2.06 bits per heavy atom. The first-order valence-corrected chi connectivity index (χ1v) is 4.75. The molecule has 2 N–H and O–H groups in total. The van der Waals surface area contributed by atoms with Crippen LogP contribution in [0.25, 0.3) is 0 Å². The molecule has 1 rings (SSSR count). The summed E-state index contributed by atoms with van der Waals surface area (Å²) in [6.45, 7) is -0.0336. The van der Waals surface area contributed by atoms with Crippen LogP contribution in [0, 0.1) is 12.3 Å². The number of terminal acetylenes is 1. The third-order valence-corrected chi connectivity index (χ3v) is 1.71. The molecule has 0 spiro atoms. The fourth-order valence-corrected chi connectivity index (χ4v) is 1.08. The highest BCUT2D eigenvalue weighted by atomic mass is 19.4. The maximum Gasteiger partial charge on any atom is 0.573 e. The summed E-state index contributed by atoms with van der Waals surface area (Å²) in [5.41, 5.74) is -0.107. The van der Waals surface area contributed by atoms with Crippen molar-refractivity contribution in [1.29, 1.82) is 0 Å². The lowest BCUT2D eigenvalue weighted by atomic mass is 10.3. The molecule has 18 heavy (non-hydrogen) atoms. The summed E-state index contributed by atoms with van der Waals surface area (Å²) in [4.78, 5) is 11.2. The van der Waals surface area contributed by atoms with Crippen LogP contribution < -0.4 is 15.4 Å². The molecule has 0 radical (unpaired) electrons. The van der Waals surface area contributed by atoms with E-state index in [2.05, 4.69) is 21.3 Å². The highest BCUT2D eigenvalue weighted by Crippen LogP contribution is 2.29. The van der Waals surface area contributed by atoms with Crippen LogP contribution in [0.3, 0.4) is 0 Å². The van der Waals surface area contributed by atoms with Gasteiger partial charge in [-0.15, -0.1) is 19.6 Å². The monoisotopic (exact) mass is 258 g/mol. The van der Waals surface area contributed by atoms with Crippen LogP contribution in [0.1, 0.15) is 0 Å². The Bertz CT molecular complexity index is 466. The number of ether oxygens (including phenoxy) is 1. The standard InChI is InChI=1S/C11H9F3N2O2/c1-2-7-15-10(17)16-8-5-3-4-6-9(8)18-11(12,13)14/h1,3-6H,7H2,(H2,15,16,17). The number of para-hydroxylation sites is 2. The minimum Gasteiger partial charge on any atom is -0.404 e. The van der Waals surface area contributed by atoms with Gasteiger partial charge in [-0.3, -0.25) is 0 Å². The summed E-state index contributed by atoms with van der Waals surface area (Å²) < 4.78 is 40.0. The first kappa shape index (κ1) is 13.7. The van der Waals surface area contributed by atoms with E-state index in [-0.39, 0.29) is 12.2 Å². The van der Waals surface area contributed by atoms with Gasteiger partial charge in [0.2, 0.25) is 0 Å². The van der Waals surface area contributed by atoms with Gasteiger partial charge < -0.3 is 15.4 Å². The lowest BCUT2D eigenvalue weighted by molar-refractivity contribution is -0.274. The van der Waals surface area contributed by atoms with Crippen molar-refractivity contribution in [2.45, 2.75) is 6.36 Å². The van der Waals surface area contributed by atoms with Crippen molar-refractivity contribution in [2.75, 3.05) is 11.9 Å². The number of carbonyl (C=O) groups is 1. The third-order valence-electron chi connectivity index (χ3n) is 1.71. The molecular weight excluding hydrogens is 249 g/mol. The number of anilines is 1. The van der Waals surface area contributed by atoms with Gasteiger partial charge in [-0.25, -0.2) is 4.79 Å². The highest BCUT2D eigenvalue weighted by Gasteiger charge is 2.32. The number of alkyl halides is 3. The Labute approximate surface area is 101 Å². The fraction of sp³-hybridized carbons (Fsp3) is 0.182. The molecule has 7 heteroatoms. The smallest absolute Gasteiger partial charge is 0.404 e. The Morgan fingerprint density at radius 3 is 2.67 bits per heavy atom. The molecule has 2 amide bonds. The zero-order valence-corrected chi connectivity index (χ0v) is 9.04. The number of hydrogen-bond donors (Lipinski definition) is 2. The average Bonchev–Trinajstić information content (AvgIpc) is 2.27. The topological polar surface area (TPSA) is 50.4 Å². The minimum absolute atomic E-state index is 0.0336. The predicted molar refractivity (Wildman–Crippen MR) is 59.0 cm³/mol. The van der Waals surface area contributed by atoms with Gasteiger partial charge in [-0.05, 0) is 12.1 Å². The lowest BCUT2D eigenvalue weighted by Crippen LogP contribution is -2.29. The number of hydrogen-bond acceptors (Lipinski definition) is 2. The van der Waals surface area contributed by atoms with E-state index < -0.39 is 18.1 Å². The zero-order valence-electron chi connectivity index (χ0n) is 9.04. The van der Waals surface area contributed by atoms with E-state index in [0.717, 1.165) is 6.07 Å². The van der Waals surface area contributed by atoms with Crippen LogP contribution in [0.5, 0.6) is 5.75 Å². The van der Waals surface area contributed by atoms with Crippen LogP contribution >= 0.6 is 0 Å². The molecule has 0 saturated carbocycles. The number of rotatable bonds is 3. The van der Waals surface area contributed by atoms with Gasteiger partial charge >= 0.3 is 12.4 Å². The molecule has 1 aromatic rings. The quantitative estimate of drug-likeness (QED) is 0.817. The van der Waals surface area contributed by atoms with E-state index in [0.29, 0.717) is 0 Å². The molecule has 0 aliphatic carbocycles. The van der Waals surface area contributed by atoms with Crippen molar-refractivity contribution in [3.05, 3.63) is 24.3 Å². The second kappa shape index (κ2) is 5.82. The molecule has 0 atom stereocenters. The molecule has 0 aliphatic heterocycles. The molecule has 0 bridgehead atoms. The largest absolute Gasteiger partial charge is 0.573 e. The minimum atomic E-state index is -4.83. The van der Waals surface area contributed by atoms with Crippen LogP contribution in [-0.4, -0.2) is 18.9 Å². The number of benzene rings is 1. The van der Waals surface area contributed by atoms with E-state index in [1.807, 2.05) is 0 Å². The number of halogens is 3. The molecule has 1 aromatic carbocycles. The van der Waals surface area contributed by atoms with Crippen LogP contribution in [0.2, 0.25) is 0 Å². The third kappa shape index (κ3) is 4.65. The predicted octanol–water partition coefficient (Wildman–Crippen LogP) is 2.34. The lowest BCUT2D eigenvalue weighted by Gasteiger charge is -2.13. The van der Waals surface area contributed by atoms with Gasteiger partial charge in [0.25, 0.3) is 0 Å². The van der Waals surface area contributed by atoms with E-state index in [1.54, 1.807) is 0 Å². The first-order chi connectivity index (χ1) is 8.42. The van der Waals surface area contributed by atoms with Gasteiger partial charge in [0.1, 0.15) is 0 Å². The van der Waals surface area contributed by atoms with E-state index in [9.17, 15) is 18.0 Å². The molecule has 4 nitrogen and oxygen atoms in total. The Balaban J connectivity index is 2.77. The van der Waals surface area contributed by atoms with Crippen LogP contribution in [0.15, 0.2) is 24.3 Å². The van der Waals surface area contributed by atoms with Crippen molar-refractivity contribution >= 4 is 11.7 Å². The van der Waals surface area contributed by atoms with Crippen molar-refractivity contribution in [2.24, 2.45) is 0 Å². The summed E-state index contributed by atoms with van der Waals surface area (Å²) in [5, 5.41) is 4.45. The second-order valence-electron chi connectivity index (χ2n) is 3.06. The average molecular weight is 258 g/mol. The Morgan fingerprint density at radius 1 is 1.39 bits per heavy atom. The molecule has 0 aromatic heterocycles. The van der Waals surface area contributed by atoms with Gasteiger partial charge in [-0.1, -0.05) is 18.1 Å². The molecule has 0 unspecified atom stereocenters. The summed E-state index contributed by atoms with van der Waals surface area (Å²) >= 11 is 0. The van der Waals surface area contributed by atoms with Gasteiger partial charge in [0, 0.05) is 0 Å². The fourth-order valence-electron chi connectivity index (χ4n) is 1.08. The van der Waals surface area contributed by atoms with Crippen LogP contribution in [-0.2, 0) is 0 Å². The van der Waals surface area contributed by atoms with Crippen LogP contribution in [0.4, 0.5) is 23.7 Å². The van der Waals surface area contributed by atoms with E-state index >= 15 is 0 Å². The van der Waals surface area contributed by atoms with Gasteiger partial charge in [0.15, 0.2) is 5.75 Å². The maximum atomic E-state index is 12.1. The number of nitrogens with one attached hydrogen (secondary N) is 2. The normalized spacial score (nSPS) is 10.3. The Hall–Kier alpha value is -2.36. The van der Waals surface area contributed by atoms with E-state index in [4.69, 9.17) is 6.42 Å². The maximum absolute atomic E-state index is 12.1. The van der Waals surface area contributed by atoms with Gasteiger partial charge in [-0.2, -0.15) is 0 Å². The van der Waals surface area contributed by atoms with Crippen molar-refractivity contribution in [1.82, 2.24) is 5.32 Å². The molecular formula is C11H9F3N2O2. The Kier molecular flexibility index (Phi) is 4.43. The zero-order chi connectivity index (χ0) is 13.6. The molecule has 0 aliphatic rings. The summed E-state index contributed by atoms with van der Waals surface area (Å²) in [7, 11) is 0. The number of urea groups is 1. The highest BCUT2D eigenvalue weighted by molar-refractivity contribution is 5.91. The molecule has 0 heterocycles. The molecule has 96 valence electrons. The first-order valence-electron chi connectivity index (χ1n) is 4.75. The number of carbonyl (C=O) groups excluding carboxylic acids is 1. The van der Waals surface area contributed by atoms with Gasteiger partial charge in [0.05, 0.1) is 12.2 Å². The summed E-state index contributed by atoms with van der Waals surface area (Å²) in [6, 6.07) is 4.46.